The number of hydrogen-bond donors (Lipinski definition) is 2. The van der Waals surface area contributed by atoms with Crippen LogP contribution < -0.4 is 0 Å². The summed E-state index contributed by atoms with van der Waals surface area (Å²) in [4.78, 5) is 16.8. The maximum Gasteiger partial charge on any atom is 0.350 e. The standard InChI is InChI=1S/C7H17O5P/c1-2-3-4-11-5-6-12-7-13(8,9)10/h2-7H2,1H3,(H2,8,9,10). The Morgan fingerprint density at radius 3 is 2.31 bits per heavy atom. The molecule has 0 rings (SSSR count). The van der Waals surface area contributed by atoms with E-state index in [9.17, 15) is 4.57 Å². The van der Waals surface area contributed by atoms with Crippen LogP contribution in [-0.2, 0) is 14.0 Å². The third-order valence-corrected chi connectivity index (χ3v) is 1.79. The zero-order valence-electron chi connectivity index (χ0n) is 7.81. The Labute approximate surface area is 78.2 Å². The number of unbranched alkanes of at least 4 members (excludes halogenated alkanes) is 1. The fourth-order valence-electron chi connectivity index (χ4n) is 0.650. The summed E-state index contributed by atoms with van der Waals surface area (Å²) in [5, 5.41) is 0. The van der Waals surface area contributed by atoms with Crippen molar-refractivity contribution in [3.8, 4) is 0 Å². The fourth-order valence-corrected chi connectivity index (χ4v) is 1.02. The number of rotatable bonds is 8. The molecule has 80 valence electrons. The molecule has 0 aromatic heterocycles. The second kappa shape index (κ2) is 7.47. The van der Waals surface area contributed by atoms with E-state index >= 15 is 0 Å². The highest BCUT2D eigenvalue weighted by Gasteiger charge is 2.11. The Morgan fingerprint density at radius 1 is 1.15 bits per heavy atom. The Kier molecular flexibility index (Phi) is 7.51. The zero-order valence-corrected chi connectivity index (χ0v) is 8.70. The fraction of sp³-hybridized carbons (Fsp3) is 1.00. The van der Waals surface area contributed by atoms with Crippen molar-refractivity contribution in [1.82, 2.24) is 0 Å². The van der Waals surface area contributed by atoms with Gasteiger partial charge in [0.2, 0.25) is 0 Å². The normalized spacial score (nSPS) is 11.9. The lowest BCUT2D eigenvalue weighted by Crippen LogP contribution is -2.06. The molecule has 0 aliphatic carbocycles. The van der Waals surface area contributed by atoms with E-state index in [0.717, 1.165) is 12.8 Å². The first kappa shape index (κ1) is 13.1. The maximum absolute atomic E-state index is 10.3. The molecule has 0 unspecified atom stereocenters. The molecule has 0 fully saturated rings. The summed E-state index contributed by atoms with van der Waals surface area (Å²) in [7, 11) is -4.00. The molecule has 0 spiro atoms. The molecule has 0 amide bonds. The van der Waals surface area contributed by atoms with Crippen molar-refractivity contribution in [2.45, 2.75) is 19.8 Å². The van der Waals surface area contributed by atoms with Crippen molar-refractivity contribution in [2.75, 3.05) is 26.2 Å². The molecule has 0 aromatic carbocycles. The predicted octanol–water partition coefficient (Wildman–Crippen LogP) is 0.955. The monoisotopic (exact) mass is 212 g/mol. The number of hydrogen-bond acceptors (Lipinski definition) is 3. The Morgan fingerprint density at radius 2 is 1.77 bits per heavy atom. The molecule has 0 atom stereocenters. The van der Waals surface area contributed by atoms with Crippen LogP contribution in [0, 0.1) is 0 Å². The lowest BCUT2D eigenvalue weighted by molar-refractivity contribution is 0.0579. The topological polar surface area (TPSA) is 76.0 Å². The summed E-state index contributed by atoms with van der Waals surface area (Å²) in [6.45, 7) is 3.36. The molecule has 0 aliphatic rings. The summed E-state index contributed by atoms with van der Waals surface area (Å²) in [5.74, 6) is 0. The maximum atomic E-state index is 10.3. The van der Waals surface area contributed by atoms with E-state index in [1.165, 1.54) is 0 Å². The zero-order chi connectivity index (χ0) is 10.2. The molecule has 0 saturated carbocycles. The smallest absolute Gasteiger partial charge is 0.350 e. The number of ether oxygens (including phenoxy) is 2. The highest BCUT2D eigenvalue weighted by atomic mass is 31.2. The molecule has 0 aliphatic heterocycles. The molecule has 6 heteroatoms. The van der Waals surface area contributed by atoms with Gasteiger partial charge in [-0.05, 0) is 6.42 Å². The van der Waals surface area contributed by atoms with Gasteiger partial charge >= 0.3 is 7.60 Å². The summed E-state index contributed by atoms with van der Waals surface area (Å²) in [6, 6.07) is 0. The first-order valence-electron chi connectivity index (χ1n) is 4.26. The molecular weight excluding hydrogens is 195 g/mol. The second-order valence-corrected chi connectivity index (χ2v) is 4.26. The molecule has 0 radical (unpaired) electrons. The van der Waals surface area contributed by atoms with Gasteiger partial charge in [-0.3, -0.25) is 4.57 Å². The van der Waals surface area contributed by atoms with E-state index in [1.807, 2.05) is 0 Å². The summed E-state index contributed by atoms with van der Waals surface area (Å²) in [5.41, 5.74) is 0. The minimum Gasteiger partial charge on any atom is -0.379 e. The second-order valence-electron chi connectivity index (χ2n) is 2.67. The van der Waals surface area contributed by atoms with Crippen molar-refractivity contribution in [3.05, 3.63) is 0 Å². The van der Waals surface area contributed by atoms with Gasteiger partial charge < -0.3 is 19.3 Å². The molecule has 0 heterocycles. The molecule has 5 nitrogen and oxygen atoms in total. The van der Waals surface area contributed by atoms with Crippen molar-refractivity contribution >= 4 is 7.60 Å². The van der Waals surface area contributed by atoms with Gasteiger partial charge in [0.1, 0.15) is 6.35 Å². The van der Waals surface area contributed by atoms with Gasteiger partial charge in [-0.15, -0.1) is 0 Å². The quantitative estimate of drug-likeness (QED) is 0.463. The highest BCUT2D eigenvalue weighted by Crippen LogP contribution is 2.33. The largest absolute Gasteiger partial charge is 0.379 e. The van der Waals surface area contributed by atoms with E-state index in [1.54, 1.807) is 0 Å². The lowest BCUT2D eigenvalue weighted by Gasteiger charge is -2.05. The molecule has 2 N–H and O–H groups in total. The third-order valence-electron chi connectivity index (χ3n) is 1.27. The average Bonchev–Trinajstić information content (AvgIpc) is 2.01. The average molecular weight is 212 g/mol. The predicted molar refractivity (Wildman–Crippen MR) is 48.6 cm³/mol. The minimum absolute atomic E-state index is 0.231. The van der Waals surface area contributed by atoms with Gasteiger partial charge in [0.05, 0.1) is 13.2 Å². The van der Waals surface area contributed by atoms with E-state index in [2.05, 4.69) is 6.92 Å². The Balaban J connectivity index is 3.04. The molecule has 0 aromatic rings. The van der Waals surface area contributed by atoms with E-state index in [4.69, 9.17) is 19.3 Å². The van der Waals surface area contributed by atoms with Gasteiger partial charge in [-0.2, -0.15) is 0 Å². The summed E-state index contributed by atoms with van der Waals surface area (Å²) >= 11 is 0. The van der Waals surface area contributed by atoms with Crippen LogP contribution in [0.4, 0.5) is 0 Å². The van der Waals surface area contributed by atoms with Gasteiger partial charge in [-0.1, -0.05) is 13.3 Å². The first-order chi connectivity index (χ1) is 6.06. The molecule has 0 saturated heterocycles. The minimum atomic E-state index is -4.00. The molecule has 0 bridgehead atoms. The van der Waals surface area contributed by atoms with Crippen LogP contribution in [0.1, 0.15) is 19.8 Å². The van der Waals surface area contributed by atoms with Gasteiger partial charge in [0, 0.05) is 6.61 Å². The molecule has 13 heavy (non-hydrogen) atoms. The van der Waals surface area contributed by atoms with Crippen LogP contribution in [0.3, 0.4) is 0 Å². The lowest BCUT2D eigenvalue weighted by atomic mass is 10.4. The van der Waals surface area contributed by atoms with Gasteiger partial charge in [0.25, 0.3) is 0 Å². The van der Waals surface area contributed by atoms with Crippen LogP contribution in [0.15, 0.2) is 0 Å². The van der Waals surface area contributed by atoms with E-state index in [-0.39, 0.29) is 6.61 Å². The van der Waals surface area contributed by atoms with Crippen molar-refractivity contribution in [2.24, 2.45) is 0 Å². The summed E-state index contributed by atoms with van der Waals surface area (Å²) < 4.78 is 20.1. The van der Waals surface area contributed by atoms with Crippen LogP contribution in [0.25, 0.3) is 0 Å². The van der Waals surface area contributed by atoms with Crippen LogP contribution in [0.2, 0.25) is 0 Å². The van der Waals surface area contributed by atoms with Crippen LogP contribution in [-0.4, -0.2) is 36.0 Å². The Bertz CT molecular complexity index is 155. The van der Waals surface area contributed by atoms with Crippen LogP contribution in [0.5, 0.6) is 0 Å². The van der Waals surface area contributed by atoms with Crippen molar-refractivity contribution in [3.63, 3.8) is 0 Å². The highest BCUT2D eigenvalue weighted by molar-refractivity contribution is 7.51. The SMILES string of the molecule is CCCCOCCOCP(=O)(O)O. The van der Waals surface area contributed by atoms with Crippen LogP contribution >= 0.6 is 7.60 Å². The first-order valence-corrected chi connectivity index (χ1v) is 6.06. The van der Waals surface area contributed by atoms with Gasteiger partial charge in [-0.25, -0.2) is 0 Å². The Hall–Kier alpha value is 0.0700. The summed E-state index contributed by atoms with van der Waals surface area (Å²) in [6.07, 6.45) is 1.55. The third kappa shape index (κ3) is 12.1. The van der Waals surface area contributed by atoms with Gasteiger partial charge in [0.15, 0.2) is 0 Å². The van der Waals surface area contributed by atoms with Crippen molar-refractivity contribution < 1.29 is 23.8 Å². The molecular formula is C7H17O5P. The van der Waals surface area contributed by atoms with E-state index < -0.39 is 13.9 Å². The van der Waals surface area contributed by atoms with Crippen molar-refractivity contribution in [1.29, 1.82) is 0 Å². The van der Waals surface area contributed by atoms with E-state index in [0.29, 0.717) is 13.2 Å².